The molecule has 0 aromatic carbocycles. The third-order valence-electron chi connectivity index (χ3n) is 2.74. The Labute approximate surface area is 101 Å². The lowest BCUT2D eigenvalue weighted by Gasteiger charge is -2.44. The standard InChI is InChI=1S/C8H14N4O6/c9-7-6(16)5(15)3(2-13)18-8(7,17)4(14)1-11-12-10/h3,5-7,13,15-17H,1-2,9H2/t3-,5+,6+,7-,8?/m1/s1. The SMILES string of the molecule is [N-]=[N+]=NCC(=O)C1(O)O[C@H](CO)[C@H](O)[C@H](O)[C@H]1N. The number of aliphatic hydroxyl groups excluding tert-OH is 3. The predicted molar refractivity (Wildman–Crippen MR) is 55.9 cm³/mol. The van der Waals surface area contributed by atoms with E-state index in [1.54, 1.807) is 0 Å². The number of ether oxygens (including phenoxy) is 1. The Morgan fingerprint density at radius 2 is 2.11 bits per heavy atom. The molecule has 10 nitrogen and oxygen atoms in total. The van der Waals surface area contributed by atoms with Crippen LogP contribution in [0, 0.1) is 0 Å². The van der Waals surface area contributed by atoms with Gasteiger partial charge in [-0.05, 0) is 5.53 Å². The first kappa shape index (κ1) is 14.8. The van der Waals surface area contributed by atoms with Gasteiger partial charge < -0.3 is 30.9 Å². The lowest BCUT2D eigenvalue weighted by atomic mass is 9.88. The number of nitrogens with two attached hydrogens (primary N) is 1. The first-order valence-corrected chi connectivity index (χ1v) is 5.05. The van der Waals surface area contributed by atoms with Crippen LogP contribution < -0.4 is 5.73 Å². The molecule has 10 heteroatoms. The quantitative estimate of drug-likeness (QED) is 0.203. The monoisotopic (exact) mass is 262 g/mol. The molecule has 1 aliphatic heterocycles. The van der Waals surface area contributed by atoms with E-state index in [2.05, 4.69) is 10.0 Å². The van der Waals surface area contributed by atoms with Gasteiger partial charge in [-0.25, -0.2) is 0 Å². The minimum absolute atomic E-state index is 0.734. The van der Waals surface area contributed by atoms with Crippen molar-refractivity contribution in [3.63, 3.8) is 0 Å². The smallest absolute Gasteiger partial charge is 0.245 e. The summed E-state index contributed by atoms with van der Waals surface area (Å²) < 4.78 is 4.81. The van der Waals surface area contributed by atoms with E-state index in [4.69, 9.17) is 21.1 Å². The Bertz CT molecular complexity index is 371. The molecule has 6 N–H and O–H groups in total. The summed E-state index contributed by atoms with van der Waals surface area (Å²) in [5.74, 6) is -3.70. The molecule has 0 radical (unpaired) electrons. The van der Waals surface area contributed by atoms with Crippen molar-refractivity contribution in [2.75, 3.05) is 13.2 Å². The second kappa shape index (κ2) is 5.59. The van der Waals surface area contributed by atoms with Gasteiger partial charge in [0.1, 0.15) is 18.3 Å². The van der Waals surface area contributed by atoms with Crippen LogP contribution >= 0.6 is 0 Å². The molecule has 0 aromatic rings. The van der Waals surface area contributed by atoms with Crippen LogP contribution in [0.25, 0.3) is 10.4 Å². The number of hydrogen-bond acceptors (Lipinski definition) is 8. The average molecular weight is 262 g/mol. The maximum Gasteiger partial charge on any atom is 0.245 e. The number of nitrogens with zero attached hydrogens (tertiary/aromatic N) is 3. The van der Waals surface area contributed by atoms with Crippen LogP contribution in [0.3, 0.4) is 0 Å². The maximum absolute atomic E-state index is 11.6. The second-order valence-corrected chi connectivity index (χ2v) is 3.85. The molecule has 1 heterocycles. The van der Waals surface area contributed by atoms with Crippen LogP contribution in [0.15, 0.2) is 5.11 Å². The average Bonchev–Trinajstić information content (AvgIpc) is 2.37. The van der Waals surface area contributed by atoms with Gasteiger partial charge >= 0.3 is 0 Å². The molecule has 102 valence electrons. The molecule has 0 aromatic heterocycles. The molecule has 1 rings (SSSR count). The zero-order chi connectivity index (χ0) is 13.9. The van der Waals surface area contributed by atoms with Crippen LogP contribution in [-0.4, -0.2) is 69.5 Å². The third-order valence-corrected chi connectivity index (χ3v) is 2.74. The molecule has 1 aliphatic rings. The van der Waals surface area contributed by atoms with Crippen LogP contribution in [-0.2, 0) is 9.53 Å². The van der Waals surface area contributed by atoms with Crippen molar-refractivity contribution >= 4 is 5.78 Å². The Hall–Kier alpha value is -1.26. The number of hydrogen-bond donors (Lipinski definition) is 5. The first-order chi connectivity index (χ1) is 8.38. The van der Waals surface area contributed by atoms with Gasteiger partial charge in [-0.15, -0.1) is 0 Å². The van der Waals surface area contributed by atoms with Gasteiger partial charge in [0.15, 0.2) is 5.78 Å². The molecule has 0 aliphatic carbocycles. The van der Waals surface area contributed by atoms with E-state index < -0.39 is 49.1 Å². The van der Waals surface area contributed by atoms with Gasteiger partial charge in [0.05, 0.1) is 19.2 Å². The minimum Gasteiger partial charge on any atom is -0.394 e. The molecule has 0 saturated carbocycles. The highest BCUT2D eigenvalue weighted by molar-refractivity contribution is 5.88. The van der Waals surface area contributed by atoms with Crippen LogP contribution in [0.2, 0.25) is 0 Å². The fourth-order valence-electron chi connectivity index (χ4n) is 1.65. The lowest BCUT2D eigenvalue weighted by Crippen LogP contribution is -2.71. The number of aliphatic hydroxyl groups is 4. The van der Waals surface area contributed by atoms with Crippen LogP contribution in [0.1, 0.15) is 0 Å². The lowest BCUT2D eigenvalue weighted by molar-refractivity contribution is -0.297. The molecule has 1 fully saturated rings. The van der Waals surface area contributed by atoms with Gasteiger partial charge in [-0.1, -0.05) is 5.11 Å². The van der Waals surface area contributed by atoms with Gasteiger partial charge in [-0.2, -0.15) is 0 Å². The summed E-state index contributed by atoms with van der Waals surface area (Å²) in [6, 6.07) is -1.63. The van der Waals surface area contributed by atoms with E-state index in [0.717, 1.165) is 0 Å². The Morgan fingerprint density at radius 1 is 1.50 bits per heavy atom. The molecule has 0 amide bonds. The van der Waals surface area contributed by atoms with Gasteiger partial charge in [0.25, 0.3) is 0 Å². The van der Waals surface area contributed by atoms with Crippen molar-refractivity contribution in [2.45, 2.75) is 30.1 Å². The van der Waals surface area contributed by atoms with Gasteiger partial charge in [0.2, 0.25) is 5.79 Å². The summed E-state index contributed by atoms with van der Waals surface area (Å²) in [6.07, 6.45) is -4.59. The summed E-state index contributed by atoms with van der Waals surface area (Å²) in [5.41, 5.74) is 13.5. The fraction of sp³-hybridized carbons (Fsp3) is 0.875. The molecule has 5 atom stereocenters. The highest BCUT2D eigenvalue weighted by Crippen LogP contribution is 2.27. The fourth-order valence-corrected chi connectivity index (χ4v) is 1.65. The Balaban J connectivity index is 2.97. The summed E-state index contributed by atoms with van der Waals surface area (Å²) in [7, 11) is 0. The number of rotatable bonds is 4. The van der Waals surface area contributed by atoms with Crippen molar-refractivity contribution in [2.24, 2.45) is 10.8 Å². The summed E-state index contributed by atoms with van der Waals surface area (Å²) >= 11 is 0. The highest BCUT2D eigenvalue weighted by Gasteiger charge is 2.55. The number of carbonyl (C=O) groups excluding carboxylic acids is 1. The molecular formula is C8H14N4O6. The molecular weight excluding hydrogens is 248 g/mol. The molecule has 0 spiro atoms. The second-order valence-electron chi connectivity index (χ2n) is 3.85. The van der Waals surface area contributed by atoms with Gasteiger partial charge in [0, 0.05) is 4.91 Å². The Morgan fingerprint density at radius 3 is 2.61 bits per heavy atom. The predicted octanol–water partition coefficient (Wildman–Crippen LogP) is -3.01. The number of Topliss-reactive ketones (excluding diaryl/α,β-unsaturated/α-hetero) is 1. The van der Waals surface area contributed by atoms with E-state index in [0.29, 0.717) is 0 Å². The minimum atomic E-state index is -2.62. The van der Waals surface area contributed by atoms with E-state index in [1.807, 2.05) is 0 Å². The zero-order valence-corrected chi connectivity index (χ0v) is 9.25. The molecule has 1 saturated heterocycles. The topological polar surface area (TPSA) is 182 Å². The molecule has 0 bridgehead atoms. The van der Waals surface area contributed by atoms with E-state index in [1.165, 1.54) is 0 Å². The van der Waals surface area contributed by atoms with E-state index >= 15 is 0 Å². The first-order valence-electron chi connectivity index (χ1n) is 5.05. The molecule has 18 heavy (non-hydrogen) atoms. The van der Waals surface area contributed by atoms with Crippen molar-refractivity contribution in [3.8, 4) is 0 Å². The number of ketones is 1. The van der Waals surface area contributed by atoms with Crippen LogP contribution in [0.5, 0.6) is 0 Å². The maximum atomic E-state index is 11.6. The number of carbonyl (C=O) groups is 1. The van der Waals surface area contributed by atoms with E-state index in [-0.39, 0.29) is 0 Å². The van der Waals surface area contributed by atoms with Gasteiger partial charge in [-0.3, -0.25) is 4.79 Å². The summed E-state index contributed by atoms with van der Waals surface area (Å²) in [4.78, 5) is 13.9. The van der Waals surface area contributed by atoms with E-state index in [9.17, 15) is 20.1 Å². The largest absolute Gasteiger partial charge is 0.394 e. The van der Waals surface area contributed by atoms with Crippen LogP contribution in [0.4, 0.5) is 0 Å². The molecule has 1 unspecified atom stereocenters. The van der Waals surface area contributed by atoms with Crippen molar-refractivity contribution in [1.29, 1.82) is 0 Å². The summed E-state index contributed by atoms with van der Waals surface area (Å²) in [6.45, 7) is -1.47. The summed E-state index contributed by atoms with van der Waals surface area (Å²) in [5, 5.41) is 40.9. The normalized spacial score (nSPS) is 40.1. The number of azide groups is 1. The zero-order valence-electron chi connectivity index (χ0n) is 9.25. The van der Waals surface area contributed by atoms with Crippen molar-refractivity contribution in [3.05, 3.63) is 10.4 Å². The van der Waals surface area contributed by atoms with Crippen molar-refractivity contribution < 1.29 is 30.0 Å². The third kappa shape index (κ3) is 2.44. The highest BCUT2D eigenvalue weighted by atomic mass is 16.7. The Kier molecular flexibility index (Phi) is 4.59. The van der Waals surface area contributed by atoms with Crippen molar-refractivity contribution in [1.82, 2.24) is 0 Å².